The number of alkyl carbamates (subject to hydrolysis) is 1. The van der Waals surface area contributed by atoms with Gasteiger partial charge in [-0.15, -0.1) is 4.86 Å². The molecule has 0 saturated carbocycles. The molecule has 2 aromatic rings. The molecule has 21 nitrogen and oxygen atoms in total. The van der Waals surface area contributed by atoms with E-state index >= 15 is 0 Å². The summed E-state index contributed by atoms with van der Waals surface area (Å²) in [6, 6.07) is 0. The van der Waals surface area contributed by atoms with Crippen molar-refractivity contribution in [3.63, 3.8) is 0 Å². The predicted molar refractivity (Wildman–Crippen MR) is 119 cm³/mol. The molecular formula is C13H23N8O13P3. The Morgan fingerprint density at radius 2 is 1.89 bits per heavy atom. The van der Waals surface area contributed by atoms with Crippen LogP contribution >= 0.6 is 23.3 Å². The lowest BCUT2D eigenvalue weighted by molar-refractivity contribution is -0.0507. The van der Waals surface area contributed by atoms with Crippen LogP contribution < -0.4 is 21.6 Å². The Labute approximate surface area is 206 Å². The van der Waals surface area contributed by atoms with Gasteiger partial charge in [-0.1, -0.05) is 0 Å². The maximum absolute atomic E-state index is 12.1. The highest BCUT2D eigenvalue weighted by Gasteiger charge is 2.49. The summed E-state index contributed by atoms with van der Waals surface area (Å²) in [7, 11) is -16.4. The van der Waals surface area contributed by atoms with Crippen LogP contribution in [0.1, 0.15) is 6.23 Å². The Balaban J connectivity index is 1.81. The zero-order chi connectivity index (χ0) is 27.6. The van der Waals surface area contributed by atoms with Gasteiger partial charge in [-0.25, -0.2) is 33.4 Å². The summed E-state index contributed by atoms with van der Waals surface area (Å²) in [5.41, 5.74) is 11.3. The summed E-state index contributed by atoms with van der Waals surface area (Å²) in [6.07, 6.45) is -4.81. The van der Waals surface area contributed by atoms with Gasteiger partial charge in [-0.05, 0) is 0 Å². The third-order valence-electron chi connectivity index (χ3n) is 4.50. The maximum Gasteiger partial charge on any atom is 0.480 e. The quantitative estimate of drug-likeness (QED) is 0.123. The number of nitrogens with one attached hydrogen (secondary N) is 2. The van der Waals surface area contributed by atoms with Crippen LogP contribution in [0.4, 0.5) is 10.6 Å². The molecular weight excluding hydrogens is 569 g/mol. The Morgan fingerprint density at radius 1 is 1.19 bits per heavy atom. The molecule has 1 amide bonds. The van der Waals surface area contributed by atoms with E-state index in [2.05, 4.69) is 29.1 Å². The van der Waals surface area contributed by atoms with E-state index in [0.717, 1.165) is 11.2 Å². The second-order valence-electron chi connectivity index (χ2n) is 7.23. The fraction of sp³-hybridized carbons (Fsp3) is 0.538. The van der Waals surface area contributed by atoms with Crippen molar-refractivity contribution in [2.45, 2.75) is 24.5 Å². The molecule has 1 aliphatic rings. The van der Waals surface area contributed by atoms with Crippen molar-refractivity contribution in [1.82, 2.24) is 29.7 Å². The molecule has 37 heavy (non-hydrogen) atoms. The molecule has 0 spiro atoms. The fourth-order valence-electron chi connectivity index (χ4n) is 3.14. The van der Waals surface area contributed by atoms with E-state index in [0.29, 0.717) is 0 Å². The minimum atomic E-state index is -5.53. The van der Waals surface area contributed by atoms with Crippen LogP contribution in [0.25, 0.3) is 11.2 Å². The van der Waals surface area contributed by atoms with Crippen molar-refractivity contribution in [2.75, 3.05) is 25.4 Å². The SMILES string of the molecule is NCCNC(=O)O[C@H]1[C@@H](O)[C@H](n2cnc3c(N)ncnc32)O[C@@H]1COP(=O)(O)OP(=O)(O)NP(=O)(O)O. The number of nitrogen functional groups attached to an aromatic ring is 1. The number of anilines is 1. The molecule has 1 fully saturated rings. The second-order valence-corrected chi connectivity index (χ2v) is 12.0. The van der Waals surface area contributed by atoms with E-state index in [4.69, 9.17) is 30.7 Å². The van der Waals surface area contributed by atoms with E-state index in [9.17, 15) is 33.4 Å². The van der Waals surface area contributed by atoms with Gasteiger partial charge in [0, 0.05) is 13.1 Å². The van der Waals surface area contributed by atoms with Gasteiger partial charge in [0.25, 0.3) is 0 Å². The summed E-state index contributed by atoms with van der Waals surface area (Å²) >= 11 is 0. The van der Waals surface area contributed by atoms with Crippen LogP contribution in [-0.2, 0) is 32.0 Å². The average molecular weight is 592 g/mol. The van der Waals surface area contributed by atoms with E-state index in [1.54, 1.807) is 0 Å². The van der Waals surface area contributed by atoms with E-state index < -0.39 is 60.6 Å². The number of phosphoric ester groups is 1. The van der Waals surface area contributed by atoms with Gasteiger partial charge in [0.05, 0.1) is 12.9 Å². The first-order valence-electron chi connectivity index (χ1n) is 9.90. The number of carbonyl (C=O) groups is 1. The third kappa shape index (κ3) is 7.71. The highest BCUT2D eigenvalue weighted by Crippen LogP contribution is 2.61. The Morgan fingerprint density at radius 3 is 2.54 bits per heavy atom. The summed E-state index contributed by atoms with van der Waals surface area (Å²) in [5, 5.41) is 13.1. The molecule has 1 aliphatic heterocycles. The summed E-state index contributed by atoms with van der Waals surface area (Å²) in [6.45, 7) is -0.922. The van der Waals surface area contributed by atoms with Crippen molar-refractivity contribution >= 4 is 46.4 Å². The zero-order valence-electron chi connectivity index (χ0n) is 18.4. The number of hydrogen-bond donors (Lipinski definition) is 9. The molecule has 208 valence electrons. The number of ether oxygens (including phenoxy) is 2. The van der Waals surface area contributed by atoms with Gasteiger partial charge in [0.2, 0.25) is 0 Å². The number of nitrogens with two attached hydrogens (primary N) is 2. The van der Waals surface area contributed by atoms with Crippen LogP contribution in [0.2, 0.25) is 0 Å². The Kier molecular flexibility index (Phi) is 9.03. The predicted octanol–water partition coefficient (Wildman–Crippen LogP) is -2.36. The lowest BCUT2D eigenvalue weighted by Crippen LogP contribution is -2.42. The number of amides is 1. The topological polar surface area (TPSA) is 326 Å². The highest BCUT2D eigenvalue weighted by atomic mass is 31.3. The zero-order valence-corrected chi connectivity index (χ0v) is 21.1. The fourth-order valence-corrected chi connectivity index (χ4v) is 6.57. The summed E-state index contributed by atoms with van der Waals surface area (Å²) in [5.74, 6) is 0.0146. The number of hydrogen-bond acceptors (Lipinski definition) is 14. The molecule has 11 N–H and O–H groups in total. The Bertz CT molecular complexity index is 1270. The van der Waals surface area contributed by atoms with Crippen molar-refractivity contribution in [1.29, 1.82) is 0 Å². The lowest BCUT2D eigenvalue weighted by atomic mass is 10.1. The molecule has 0 bridgehead atoms. The van der Waals surface area contributed by atoms with Crippen molar-refractivity contribution in [3.05, 3.63) is 12.7 Å². The monoisotopic (exact) mass is 592 g/mol. The van der Waals surface area contributed by atoms with Crippen LogP contribution in [0.3, 0.4) is 0 Å². The number of carbonyl (C=O) groups excluding carboxylic acids is 1. The number of fused-ring (bicyclic) bond motifs is 1. The first kappa shape index (κ1) is 29.5. The first-order valence-corrected chi connectivity index (χ1v) is 14.6. The van der Waals surface area contributed by atoms with Gasteiger partial charge in [-0.2, -0.15) is 4.31 Å². The molecule has 3 rings (SSSR count). The molecule has 0 radical (unpaired) electrons. The van der Waals surface area contributed by atoms with Crippen molar-refractivity contribution < 1.29 is 61.5 Å². The van der Waals surface area contributed by atoms with Gasteiger partial charge < -0.3 is 50.9 Å². The highest BCUT2D eigenvalue weighted by molar-refractivity contribution is 7.70. The van der Waals surface area contributed by atoms with Crippen LogP contribution in [0.15, 0.2) is 12.7 Å². The van der Waals surface area contributed by atoms with Gasteiger partial charge >= 0.3 is 29.4 Å². The van der Waals surface area contributed by atoms with Crippen LogP contribution in [0, 0.1) is 0 Å². The maximum atomic E-state index is 12.1. The third-order valence-corrected chi connectivity index (χ3v) is 8.74. The first-order chi connectivity index (χ1) is 17.1. The second kappa shape index (κ2) is 11.3. The molecule has 0 aliphatic carbocycles. The standard InChI is InChI=1S/C13H23N8O13P3/c14-1-2-16-13(23)33-9-6(3-31-37(29,30)34-36(27,28)20-35(24,25)26)32-12(8(9)22)21-5-19-7-10(15)17-4-18-11(7)21/h4-6,8-9,12,22H,1-3,14H2,(H,16,23)(H,29,30)(H2,15,17,18)(H4,20,24,25,26,27,28)/t6-,8-,9-,12-/m1/s1. The average Bonchev–Trinajstić information content (AvgIpc) is 3.31. The normalized spacial score (nSPS) is 25.5. The number of aliphatic hydroxyl groups is 1. The number of aromatic nitrogens is 4. The lowest BCUT2D eigenvalue weighted by Gasteiger charge is -2.22. The molecule has 0 aromatic carbocycles. The number of aliphatic hydroxyl groups excluding tert-OH is 1. The molecule has 2 unspecified atom stereocenters. The minimum Gasteiger partial charge on any atom is -0.440 e. The largest absolute Gasteiger partial charge is 0.480 e. The van der Waals surface area contributed by atoms with Crippen molar-refractivity contribution in [2.24, 2.45) is 5.73 Å². The van der Waals surface area contributed by atoms with Crippen molar-refractivity contribution in [3.8, 4) is 0 Å². The number of phosphoric acid groups is 1. The molecule has 3 heterocycles. The summed E-state index contributed by atoms with van der Waals surface area (Å²) in [4.78, 5) is 61.3. The van der Waals surface area contributed by atoms with E-state index in [1.807, 2.05) is 0 Å². The Hall–Kier alpha value is -2.09. The van der Waals surface area contributed by atoms with Gasteiger partial charge in [-0.3, -0.25) is 9.09 Å². The van der Waals surface area contributed by atoms with Gasteiger partial charge in [0.1, 0.15) is 24.1 Å². The van der Waals surface area contributed by atoms with E-state index in [1.165, 1.54) is 10.9 Å². The summed E-state index contributed by atoms with van der Waals surface area (Å²) < 4.78 is 55.2. The van der Waals surface area contributed by atoms with E-state index in [-0.39, 0.29) is 30.1 Å². The number of imidazole rings is 1. The minimum absolute atomic E-state index is 0.00743. The molecule has 6 atom stereocenters. The molecule has 24 heteroatoms. The number of rotatable bonds is 11. The van der Waals surface area contributed by atoms with Crippen LogP contribution in [0.5, 0.6) is 0 Å². The molecule has 1 saturated heterocycles. The van der Waals surface area contributed by atoms with Gasteiger partial charge in [0.15, 0.2) is 23.8 Å². The smallest absolute Gasteiger partial charge is 0.440 e. The van der Waals surface area contributed by atoms with Crippen LogP contribution in [-0.4, -0.2) is 88.3 Å². The number of nitrogens with zero attached hydrogens (tertiary/aromatic N) is 4. The molecule has 2 aromatic heterocycles.